The van der Waals surface area contributed by atoms with E-state index in [1.165, 1.54) is 0 Å². The second-order valence-electron chi connectivity index (χ2n) is 6.94. The molecule has 27 heavy (non-hydrogen) atoms. The number of hydrogen-bond donors (Lipinski definition) is 1. The van der Waals surface area contributed by atoms with Crippen molar-refractivity contribution in [2.75, 3.05) is 5.32 Å². The molecule has 0 bridgehead atoms. The fourth-order valence-corrected chi connectivity index (χ4v) is 3.88. The van der Waals surface area contributed by atoms with Crippen LogP contribution < -0.4 is 5.32 Å². The van der Waals surface area contributed by atoms with E-state index in [-0.39, 0.29) is 23.3 Å². The Hall–Kier alpha value is -2.30. The Balaban J connectivity index is 1.80. The standard InChI is InChI=1S/C21H18Cl2N2O2/c1-11-12(2)25(21(27)19-16(22)4-3-5-17(19)23)18-9-8-14(10-15(11)18)24-20(26)13-6-7-13/h3-5,8-10,13H,6-7H2,1-2H3,(H,24,26). The highest BCUT2D eigenvalue weighted by Crippen LogP contribution is 2.33. The number of hydrogen-bond acceptors (Lipinski definition) is 2. The lowest BCUT2D eigenvalue weighted by molar-refractivity contribution is -0.117. The van der Waals surface area contributed by atoms with Gasteiger partial charge in [0.25, 0.3) is 5.91 Å². The molecule has 4 nitrogen and oxygen atoms in total. The highest BCUT2D eigenvalue weighted by Gasteiger charge is 2.29. The van der Waals surface area contributed by atoms with E-state index in [0.717, 1.165) is 40.7 Å². The summed E-state index contributed by atoms with van der Waals surface area (Å²) in [4.78, 5) is 25.3. The number of amides is 1. The molecule has 0 aliphatic heterocycles. The zero-order chi connectivity index (χ0) is 19.3. The number of aryl methyl sites for hydroxylation is 1. The number of carbonyl (C=O) groups is 2. The number of fused-ring (bicyclic) bond motifs is 1. The van der Waals surface area contributed by atoms with E-state index in [1.54, 1.807) is 22.8 Å². The minimum atomic E-state index is -0.268. The molecule has 0 spiro atoms. The van der Waals surface area contributed by atoms with Crippen LogP contribution in [0.3, 0.4) is 0 Å². The Morgan fingerprint density at radius 1 is 1.07 bits per heavy atom. The smallest absolute Gasteiger partial charge is 0.265 e. The molecule has 1 amide bonds. The van der Waals surface area contributed by atoms with Crippen molar-refractivity contribution in [3.8, 4) is 0 Å². The van der Waals surface area contributed by atoms with Crippen LogP contribution in [-0.2, 0) is 4.79 Å². The third kappa shape index (κ3) is 3.13. The number of benzene rings is 2. The average Bonchev–Trinajstić information content (AvgIpc) is 3.44. The molecular weight excluding hydrogens is 383 g/mol. The highest BCUT2D eigenvalue weighted by atomic mass is 35.5. The van der Waals surface area contributed by atoms with Gasteiger partial charge in [0, 0.05) is 22.7 Å². The summed E-state index contributed by atoms with van der Waals surface area (Å²) in [5, 5.41) is 4.51. The van der Waals surface area contributed by atoms with Crippen LogP contribution in [0.5, 0.6) is 0 Å². The minimum absolute atomic E-state index is 0.0575. The topological polar surface area (TPSA) is 51.1 Å². The first kappa shape index (κ1) is 18.1. The van der Waals surface area contributed by atoms with E-state index in [4.69, 9.17) is 23.2 Å². The van der Waals surface area contributed by atoms with Gasteiger partial charge in [-0.3, -0.25) is 14.2 Å². The van der Waals surface area contributed by atoms with Crippen LogP contribution in [0.1, 0.15) is 34.5 Å². The number of nitrogens with one attached hydrogen (secondary N) is 1. The second-order valence-corrected chi connectivity index (χ2v) is 7.76. The van der Waals surface area contributed by atoms with Crippen molar-refractivity contribution in [3.63, 3.8) is 0 Å². The van der Waals surface area contributed by atoms with Gasteiger partial charge in [-0.05, 0) is 62.6 Å². The lowest BCUT2D eigenvalue weighted by Gasteiger charge is -2.10. The summed E-state index contributed by atoms with van der Waals surface area (Å²) in [6, 6.07) is 10.6. The molecule has 1 N–H and O–H groups in total. The predicted molar refractivity (Wildman–Crippen MR) is 109 cm³/mol. The van der Waals surface area contributed by atoms with Crippen LogP contribution in [-0.4, -0.2) is 16.4 Å². The number of halogens is 2. The summed E-state index contributed by atoms with van der Waals surface area (Å²) >= 11 is 12.5. The van der Waals surface area contributed by atoms with Crippen LogP contribution in [0.15, 0.2) is 36.4 Å². The zero-order valence-corrected chi connectivity index (χ0v) is 16.5. The molecule has 0 radical (unpaired) electrons. The third-order valence-electron chi connectivity index (χ3n) is 5.11. The third-order valence-corrected chi connectivity index (χ3v) is 5.74. The van der Waals surface area contributed by atoms with Crippen molar-refractivity contribution < 1.29 is 9.59 Å². The quantitative estimate of drug-likeness (QED) is 0.621. The number of carbonyl (C=O) groups excluding carboxylic acids is 2. The van der Waals surface area contributed by atoms with E-state index >= 15 is 0 Å². The molecule has 1 saturated carbocycles. The van der Waals surface area contributed by atoms with Gasteiger partial charge in [-0.1, -0.05) is 29.3 Å². The fourth-order valence-electron chi connectivity index (χ4n) is 3.32. The van der Waals surface area contributed by atoms with Crippen molar-refractivity contribution in [1.29, 1.82) is 0 Å². The Bertz CT molecular complexity index is 1080. The maximum absolute atomic E-state index is 13.2. The highest BCUT2D eigenvalue weighted by molar-refractivity contribution is 6.40. The minimum Gasteiger partial charge on any atom is -0.326 e. The van der Waals surface area contributed by atoms with Crippen molar-refractivity contribution in [2.24, 2.45) is 5.92 Å². The van der Waals surface area contributed by atoms with Crippen LogP contribution in [0.2, 0.25) is 10.0 Å². The molecule has 6 heteroatoms. The van der Waals surface area contributed by atoms with Crippen molar-refractivity contribution in [1.82, 2.24) is 4.57 Å². The first-order valence-corrected chi connectivity index (χ1v) is 9.55. The molecule has 1 heterocycles. The summed E-state index contributed by atoms with van der Waals surface area (Å²) in [6.07, 6.45) is 1.91. The van der Waals surface area contributed by atoms with Crippen LogP contribution in [0, 0.1) is 19.8 Å². The number of nitrogens with zero attached hydrogens (tertiary/aromatic N) is 1. The SMILES string of the molecule is Cc1c(C)n(C(=O)c2c(Cl)cccc2Cl)c2ccc(NC(=O)C3CC3)cc12. The molecule has 1 fully saturated rings. The molecule has 3 aromatic rings. The molecule has 0 atom stereocenters. The summed E-state index contributed by atoms with van der Waals surface area (Å²) in [6.45, 7) is 3.85. The van der Waals surface area contributed by atoms with Crippen molar-refractivity contribution in [3.05, 3.63) is 63.3 Å². The summed E-state index contributed by atoms with van der Waals surface area (Å²) < 4.78 is 1.63. The van der Waals surface area contributed by atoms with Gasteiger partial charge in [-0.15, -0.1) is 0 Å². The van der Waals surface area contributed by atoms with E-state index in [2.05, 4.69) is 5.32 Å². The zero-order valence-electron chi connectivity index (χ0n) is 15.0. The first-order valence-electron chi connectivity index (χ1n) is 8.79. The molecule has 0 unspecified atom stereocenters. The second kappa shape index (κ2) is 6.70. The number of aromatic nitrogens is 1. The van der Waals surface area contributed by atoms with Gasteiger partial charge < -0.3 is 5.32 Å². The van der Waals surface area contributed by atoms with Gasteiger partial charge in [-0.2, -0.15) is 0 Å². The molecule has 2 aromatic carbocycles. The molecule has 4 rings (SSSR count). The Labute approximate surface area is 167 Å². The molecule has 0 saturated heterocycles. The largest absolute Gasteiger partial charge is 0.326 e. The lowest BCUT2D eigenvalue weighted by atomic mass is 10.1. The Morgan fingerprint density at radius 3 is 2.37 bits per heavy atom. The van der Waals surface area contributed by atoms with Crippen LogP contribution in [0.4, 0.5) is 5.69 Å². The fraction of sp³-hybridized carbons (Fsp3) is 0.238. The summed E-state index contributed by atoms with van der Waals surface area (Å²) in [5.41, 5.74) is 3.57. The van der Waals surface area contributed by atoms with E-state index in [9.17, 15) is 9.59 Å². The van der Waals surface area contributed by atoms with Crippen LogP contribution >= 0.6 is 23.2 Å². The van der Waals surface area contributed by atoms with Crippen LogP contribution in [0.25, 0.3) is 10.9 Å². The predicted octanol–water partition coefficient (Wildman–Crippen LogP) is 5.60. The molecule has 1 aliphatic carbocycles. The molecule has 138 valence electrons. The van der Waals surface area contributed by atoms with E-state index in [1.807, 2.05) is 32.0 Å². The van der Waals surface area contributed by atoms with Crippen molar-refractivity contribution >= 4 is 51.6 Å². The summed E-state index contributed by atoms with van der Waals surface area (Å²) in [5.74, 6) is -0.0740. The first-order chi connectivity index (χ1) is 12.9. The summed E-state index contributed by atoms with van der Waals surface area (Å²) in [7, 11) is 0. The molecular formula is C21H18Cl2N2O2. The molecule has 1 aliphatic rings. The Morgan fingerprint density at radius 2 is 1.74 bits per heavy atom. The average molecular weight is 401 g/mol. The lowest BCUT2D eigenvalue weighted by Crippen LogP contribution is -2.15. The monoisotopic (exact) mass is 400 g/mol. The van der Waals surface area contributed by atoms with Gasteiger partial charge in [0.2, 0.25) is 5.91 Å². The Kier molecular flexibility index (Phi) is 4.49. The maximum atomic E-state index is 13.2. The number of rotatable bonds is 3. The van der Waals surface area contributed by atoms with Crippen molar-refractivity contribution in [2.45, 2.75) is 26.7 Å². The van der Waals surface area contributed by atoms with E-state index < -0.39 is 0 Å². The maximum Gasteiger partial charge on any atom is 0.265 e. The van der Waals surface area contributed by atoms with Gasteiger partial charge in [-0.25, -0.2) is 0 Å². The van der Waals surface area contributed by atoms with Gasteiger partial charge in [0.1, 0.15) is 0 Å². The molecule has 1 aromatic heterocycles. The number of anilines is 1. The normalized spacial score (nSPS) is 13.8. The van der Waals surface area contributed by atoms with E-state index in [0.29, 0.717) is 10.0 Å². The van der Waals surface area contributed by atoms with Gasteiger partial charge >= 0.3 is 0 Å². The van der Waals surface area contributed by atoms with Gasteiger partial charge in [0.05, 0.1) is 21.1 Å². The van der Waals surface area contributed by atoms with Gasteiger partial charge in [0.15, 0.2) is 0 Å².